The molecule has 1 aliphatic rings. The van der Waals surface area contributed by atoms with Crippen molar-refractivity contribution < 1.29 is 0 Å². The third kappa shape index (κ3) is 1.61. The molecule has 1 heterocycles. The van der Waals surface area contributed by atoms with Gasteiger partial charge in [0.1, 0.15) is 0 Å². The molecule has 0 amide bonds. The van der Waals surface area contributed by atoms with E-state index < -0.39 is 0 Å². The number of hydrogen-bond donors (Lipinski definition) is 1. The van der Waals surface area contributed by atoms with Gasteiger partial charge in [0.25, 0.3) is 0 Å². The van der Waals surface area contributed by atoms with Crippen LogP contribution in [-0.2, 0) is 0 Å². The van der Waals surface area contributed by atoms with Gasteiger partial charge in [-0.25, -0.2) is 0 Å². The van der Waals surface area contributed by atoms with Gasteiger partial charge in [-0.15, -0.1) is 11.8 Å². The lowest BCUT2D eigenvalue weighted by atomic mass is 9.99. The number of benzene rings is 1. The van der Waals surface area contributed by atoms with Crippen molar-refractivity contribution in [1.82, 2.24) is 0 Å². The SMILES string of the molecule is CC(N)c1ccc2c(c1)C(C)CS2. The average molecular weight is 193 g/mol. The van der Waals surface area contributed by atoms with Crippen molar-refractivity contribution in [3.8, 4) is 0 Å². The Morgan fingerprint density at radius 3 is 3.00 bits per heavy atom. The molecular weight excluding hydrogens is 178 g/mol. The van der Waals surface area contributed by atoms with Crippen LogP contribution >= 0.6 is 11.8 Å². The largest absolute Gasteiger partial charge is 0.324 e. The van der Waals surface area contributed by atoms with Gasteiger partial charge in [-0.05, 0) is 30.0 Å². The van der Waals surface area contributed by atoms with Gasteiger partial charge in [-0.3, -0.25) is 0 Å². The van der Waals surface area contributed by atoms with E-state index in [1.54, 1.807) is 0 Å². The van der Waals surface area contributed by atoms with Crippen LogP contribution in [0.15, 0.2) is 23.1 Å². The summed E-state index contributed by atoms with van der Waals surface area (Å²) in [5.41, 5.74) is 8.59. The highest BCUT2D eigenvalue weighted by Crippen LogP contribution is 2.39. The molecule has 70 valence electrons. The Morgan fingerprint density at radius 1 is 1.54 bits per heavy atom. The molecule has 0 spiro atoms. The predicted molar refractivity (Wildman–Crippen MR) is 58.2 cm³/mol. The minimum atomic E-state index is 0.156. The van der Waals surface area contributed by atoms with E-state index in [1.165, 1.54) is 21.8 Å². The average Bonchev–Trinajstić information content (AvgIpc) is 2.47. The first-order chi connectivity index (χ1) is 6.18. The Hall–Kier alpha value is -0.470. The van der Waals surface area contributed by atoms with Gasteiger partial charge in [0.2, 0.25) is 0 Å². The van der Waals surface area contributed by atoms with Crippen molar-refractivity contribution in [3.05, 3.63) is 29.3 Å². The first-order valence-electron chi connectivity index (χ1n) is 4.70. The number of thioether (sulfide) groups is 1. The molecule has 1 aromatic rings. The summed E-state index contributed by atoms with van der Waals surface area (Å²) in [5.74, 6) is 1.91. The Balaban J connectivity index is 2.42. The highest BCUT2D eigenvalue weighted by atomic mass is 32.2. The van der Waals surface area contributed by atoms with Crippen LogP contribution in [0.2, 0.25) is 0 Å². The molecule has 0 aliphatic carbocycles. The van der Waals surface area contributed by atoms with Crippen molar-refractivity contribution in [1.29, 1.82) is 0 Å². The summed E-state index contributed by atoms with van der Waals surface area (Å²) in [6, 6.07) is 6.78. The Bertz CT molecular complexity index is 320. The van der Waals surface area contributed by atoms with Gasteiger partial charge in [0.15, 0.2) is 0 Å². The maximum Gasteiger partial charge on any atom is 0.0266 e. The number of rotatable bonds is 1. The summed E-state index contributed by atoms with van der Waals surface area (Å²) in [6.45, 7) is 4.32. The molecule has 1 nitrogen and oxygen atoms in total. The smallest absolute Gasteiger partial charge is 0.0266 e. The summed E-state index contributed by atoms with van der Waals surface area (Å²) < 4.78 is 0. The van der Waals surface area contributed by atoms with E-state index in [2.05, 4.69) is 25.1 Å². The third-order valence-corrected chi connectivity index (χ3v) is 3.93. The number of nitrogens with two attached hydrogens (primary N) is 1. The van der Waals surface area contributed by atoms with Gasteiger partial charge in [-0.1, -0.05) is 19.1 Å². The van der Waals surface area contributed by atoms with E-state index in [4.69, 9.17) is 5.73 Å². The standard InChI is InChI=1S/C11H15NS/c1-7-6-13-11-4-3-9(8(2)12)5-10(7)11/h3-5,7-8H,6,12H2,1-2H3. The van der Waals surface area contributed by atoms with Crippen molar-refractivity contribution in [2.45, 2.75) is 30.7 Å². The van der Waals surface area contributed by atoms with Crippen molar-refractivity contribution in [3.63, 3.8) is 0 Å². The minimum Gasteiger partial charge on any atom is -0.324 e. The molecule has 0 saturated carbocycles. The molecule has 2 N–H and O–H groups in total. The van der Waals surface area contributed by atoms with Crippen LogP contribution in [0.1, 0.15) is 36.9 Å². The van der Waals surface area contributed by atoms with Crippen LogP contribution in [0.3, 0.4) is 0 Å². The van der Waals surface area contributed by atoms with E-state index in [0.29, 0.717) is 5.92 Å². The molecule has 13 heavy (non-hydrogen) atoms. The van der Waals surface area contributed by atoms with Gasteiger partial charge >= 0.3 is 0 Å². The lowest BCUT2D eigenvalue weighted by Gasteiger charge is -2.09. The molecule has 2 unspecified atom stereocenters. The highest BCUT2D eigenvalue weighted by Gasteiger charge is 2.19. The second-order valence-corrected chi connectivity index (χ2v) is 4.86. The Kier molecular flexibility index (Phi) is 2.35. The molecule has 2 atom stereocenters. The monoisotopic (exact) mass is 193 g/mol. The summed E-state index contributed by atoms with van der Waals surface area (Å²) in [4.78, 5) is 1.44. The fourth-order valence-electron chi connectivity index (χ4n) is 1.67. The van der Waals surface area contributed by atoms with E-state index in [9.17, 15) is 0 Å². The fourth-order valence-corrected chi connectivity index (χ4v) is 2.87. The second kappa shape index (κ2) is 3.35. The molecule has 0 bridgehead atoms. The summed E-state index contributed by atoms with van der Waals surface area (Å²) in [6.07, 6.45) is 0. The van der Waals surface area contributed by atoms with E-state index in [1.807, 2.05) is 18.7 Å². The number of fused-ring (bicyclic) bond motifs is 1. The molecule has 1 aliphatic heterocycles. The van der Waals surface area contributed by atoms with Gasteiger partial charge < -0.3 is 5.73 Å². The van der Waals surface area contributed by atoms with Crippen LogP contribution in [0, 0.1) is 0 Å². The van der Waals surface area contributed by atoms with Crippen LogP contribution in [0.5, 0.6) is 0 Å². The molecule has 0 radical (unpaired) electrons. The lowest BCUT2D eigenvalue weighted by Crippen LogP contribution is -2.05. The summed E-state index contributed by atoms with van der Waals surface area (Å²) in [5, 5.41) is 0. The maximum atomic E-state index is 5.85. The van der Waals surface area contributed by atoms with Gasteiger partial charge in [0, 0.05) is 16.7 Å². The van der Waals surface area contributed by atoms with Gasteiger partial charge in [0.05, 0.1) is 0 Å². The van der Waals surface area contributed by atoms with Gasteiger partial charge in [-0.2, -0.15) is 0 Å². The quantitative estimate of drug-likeness (QED) is 0.742. The van der Waals surface area contributed by atoms with Crippen molar-refractivity contribution in [2.75, 3.05) is 5.75 Å². The minimum absolute atomic E-state index is 0.156. The Morgan fingerprint density at radius 2 is 2.31 bits per heavy atom. The Labute approximate surface area is 83.7 Å². The summed E-state index contributed by atoms with van der Waals surface area (Å²) in [7, 11) is 0. The molecule has 0 saturated heterocycles. The zero-order chi connectivity index (χ0) is 9.42. The summed E-state index contributed by atoms with van der Waals surface area (Å²) >= 11 is 1.96. The van der Waals surface area contributed by atoms with Crippen LogP contribution in [-0.4, -0.2) is 5.75 Å². The van der Waals surface area contributed by atoms with E-state index >= 15 is 0 Å². The van der Waals surface area contributed by atoms with E-state index in [-0.39, 0.29) is 6.04 Å². The van der Waals surface area contributed by atoms with Crippen LogP contribution < -0.4 is 5.73 Å². The second-order valence-electron chi connectivity index (χ2n) is 3.80. The normalized spacial score (nSPS) is 22.8. The number of hydrogen-bond acceptors (Lipinski definition) is 2. The van der Waals surface area contributed by atoms with E-state index in [0.717, 1.165) is 0 Å². The molecule has 0 fully saturated rings. The lowest BCUT2D eigenvalue weighted by molar-refractivity contribution is 0.803. The van der Waals surface area contributed by atoms with Crippen LogP contribution in [0.4, 0.5) is 0 Å². The maximum absolute atomic E-state index is 5.85. The molecular formula is C11H15NS. The molecule has 2 heteroatoms. The molecule has 2 rings (SSSR count). The third-order valence-electron chi connectivity index (χ3n) is 2.58. The van der Waals surface area contributed by atoms with Crippen molar-refractivity contribution in [2.24, 2.45) is 5.73 Å². The first kappa shape index (κ1) is 9.10. The van der Waals surface area contributed by atoms with Crippen molar-refractivity contribution >= 4 is 11.8 Å². The highest BCUT2D eigenvalue weighted by molar-refractivity contribution is 7.99. The topological polar surface area (TPSA) is 26.0 Å². The predicted octanol–water partition coefficient (Wildman–Crippen LogP) is 2.92. The zero-order valence-electron chi connectivity index (χ0n) is 8.08. The first-order valence-corrected chi connectivity index (χ1v) is 5.69. The fraction of sp³-hybridized carbons (Fsp3) is 0.455. The molecule has 1 aromatic carbocycles. The zero-order valence-corrected chi connectivity index (χ0v) is 8.90. The van der Waals surface area contributed by atoms with Crippen LogP contribution in [0.25, 0.3) is 0 Å². The molecule has 0 aromatic heterocycles.